The van der Waals surface area contributed by atoms with Crippen LogP contribution in [0.2, 0.25) is 0 Å². The van der Waals surface area contributed by atoms with Crippen molar-refractivity contribution in [2.75, 3.05) is 37.6 Å². The van der Waals surface area contributed by atoms with Crippen molar-refractivity contribution in [2.24, 2.45) is 0 Å². The number of hydrogen-bond donors (Lipinski definition) is 0. The van der Waals surface area contributed by atoms with E-state index in [1.54, 1.807) is 13.3 Å². The van der Waals surface area contributed by atoms with Crippen molar-refractivity contribution in [1.29, 1.82) is 0 Å². The molecule has 1 atom stereocenters. The number of anilines is 1. The first-order valence-corrected chi connectivity index (χ1v) is 5.80. The maximum Gasteiger partial charge on any atom is 0.171 e. The smallest absolute Gasteiger partial charge is 0.171 e. The highest BCUT2D eigenvalue weighted by Crippen LogP contribution is 2.26. The van der Waals surface area contributed by atoms with Crippen molar-refractivity contribution in [3.63, 3.8) is 0 Å². The number of morpholine rings is 1. The molecule has 0 amide bonds. The molecule has 5 heteroatoms. The molecule has 1 aliphatic heterocycles. The molecule has 2 rings (SSSR count). The van der Waals surface area contributed by atoms with Crippen LogP contribution in [0.25, 0.3) is 0 Å². The van der Waals surface area contributed by atoms with Gasteiger partial charge in [-0.15, -0.1) is 11.6 Å². The Morgan fingerprint density at radius 2 is 2.56 bits per heavy atom. The molecule has 0 aliphatic carbocycles. The summed E-state index contributed by atoms with van der Waals surface area (Å²) >= 11 is 5.80. The number of halogens is 1. The highest BCUT2D eigenvalue weighted by molar-refractivity contribution is 6.18. The Bertz CT molecular complexity index is 349. The van der Waals surface area contributed by atoms with Gasteiger partial charge >= 0.3 is 0 Å². The van der Waals surface area contributed by atoms with Crippen LogP contribution in [-0.2, 0) is 4.74 Å². The Morgan fingerprint density at radius 3 is 3.31 bits per heavy atom. The van der Waals surface area contributed by atoms with Gasteiger partial charge in [-0.25, -0.2) is 4.98 Å². The fraction of sp³-hybridized carbons (Fsp3) is 0.545. The molecule has 0 N–H and O–H groups in total. The molecule has 0 aromatic carbocycles. The summed E-state index contributed by atoms with van der Waals surface area (Å²) in [5, 5.41) is 0. The predicted octanol–water partition coefficient (Wildman–Crippen LogP) is 1.53. The van der Waals surface area contributed by atoms with Crippen LogP contribution in [0.3, 0.4) is 0 Å². The number of methoxy groups -OCH3 is 1. The first-order chi connectivity index (χ1) is 7.85. The van der Waals surface area contributed by atoms with E-state index < -0.39 is 0 Å². The minimum Gasteiger partial charge on any atom is -0.493 e. The number of ether oxygens (including phenoxy) is 2. The molecular weight excluding hydrogens is 228 g/mol. The molecule has 4 nitrogen and oxygen atoms in total. The first-order valence-electron chi connectivity index (χ1n) is 5.26. The van der Waals surface area contributed by atoms with Crippen molar-refractivity contribution in [1.82, 2.24) is 4.98 Å². The summed E-state index contributed by atoms with van der Waals surface area (Å²) in [6, 6.07) is 3.77. The van der Waals surface area contributed by atoms with Crippen LogP contribution in [0.4, 0.5) is 5.82 Å². The molecule has 0 bridgehead atoms. The van der Waals surface area contributed by atoms with Crippen molar-refractivity contribution in [3.8, 4) is 5.75 Å². The average molecular weight is 243 g/mol. The van der Waals surface area contributed by atoms with Crippen molar-refractivity contribution in [2.45, 2.75) is 6.10 Å². The minimum atomic E-state index is 0.0714. The van der Waals surface area contributed by atoms with Gasteiger partial charge in [0.1, 0.15) is 0 Å². The molecule has 1 aromatic rings. The Balaban J connectivity index is 2.16. The Hall–Kier alpha value is -1.00. The predicted molar refractivity (Wildman–Crippen MR) is 63.5 cm³/mol. The van der Waals surface area contributed by atoms with Crippen molar-refractivity contribution < 1.29 is 9.47 Å². The lowest BCUT2D eigenvalue weighted by Gasteiger charge is -2.33. The summed E-state index contributed by atoms with van der Waals surface area (Å²) in [4.78, 5) is 6.49. The normalized spacial score (nSPS) is 20.9. The van der Waals surface area contributed by atoms with Crippen LogP contribution >= 0.6 is 11.6 Å². The van der Waals surface area contributed by atoms with E-state index in [-0.39, 0.29) is 6.10 Å². The van der Waals surface area contributed by atoms with E-state index in [9.17, 15) is 0 Å². The van der Waals surface area contributed by atoms with E-state index in [1.165, 1.54) is 0 Å². The number of pyridine rings is 1. The Labute approximate surface area is 100 Å². The van der Waals surface area contributed by atoms with E-state index >= 15 is 0 Å². The standard InChI is InChI=1S/C11H15ClN2O2/c1-15-10-3-2-4-13-11(10)14-5-6-16-9(7-12)8-14/h2-4,9H,5-8H2,1H3. The first kappa shape index (κ1) is 11.5. The van der Waals surface area contributed by atoms with Gasteiger partial charge in [-0.2, -0.15) is 0 Å². The van der Waals surface area contributed by atoms with Gasteiger partial charge in [0.2, 0.25) is 0 Å². The van der Waals surface area contributed by atoms with Crippen LogP contribution in [-0.4, -0.2) is 43.8 Å². The third-order valence-corrected chi connectivity index (χ3v) is 2.93. The van der Waals surface area contributed by atoms with Gasteiger partial charge in [0.25, 0.3) is 0 Å². The zero-order valence-corrected chi connectivity index (χ0v) is 9.98. The molecule has 1 aromatic heterocycles. The van der Waals surface area contributed by atoms with Crippen LogP contribution in [0, 0.1) is 0 Å². The summed E-state index contributed by atoms with van der Waals surface area (Å²) < 4.78 is 10.8. The molecule has 88 valence electrons. The number of hydrogen-bond acceptors (Lipinski definition) is 4. The zero-order chi connectivity index (χ0) is 11.4. The van der Waals surface area contributed by atoms with E-state index in [1.807, 2.05) is 12.1 Å². The summed E-state index contributed by atoms with van der Waals surface area (Å²) in [5.74, 6) is 2.16. The zero-order valence-electron chi connectivity index (χ0n) is 9.23. The van der Waals surface area contributed by atoms with Crippen LogP contribution in [0.15, 0.2) is 18.3 Å². The molecule has 0 radical (unpaired) electrons. The van der Waals surface area contributed by atoms with Gasteiger partial charge in [-0.3, -0.25) is 0 Å². The number of alkyl halides is 1. The monoisotopic (exact) mass is 242 g/mol. The summed E-state index contributed by atoms with van der Waals surface area (Å²) in [6.45, 7) is 2.26. The van der Waals surface area contributed by atoms with E-state index in [0.29, 0.717) is 12.5 Å². The highest BCUT2D eigenvalue weighted by Gasteiger charge is 2.22. The maximum atomic E-state index is 5.80. The number of aromatic nitrogens is 1. The third-order valence-electron chi connectivity index (χ3n) is 2.58. The van der Waals surface area contributed by atoms with Crippen LogP contribution < -0.4 is 9.64 Å². The molecule has 0 spiro atoms. The van der Waals surface area contributed by atoms with Crippen LogP contribution in [0.5, 0.6) is 5.75 Å². The molecule has 1 aliphatic rings. The molecule has 0 saturated carbocycles. The van der Waals surface area contributed by atoms with Crippen LogP contribution in [0.1, 0.15) is 0 Å². The molecule has 16 heavy (non-hydrogen) atoms. The van der Waals surface area contributed by atoms with E-state index in [2.05, 4.69) is 9.88 Å². The SMILES string of the molecule is COc1cccnc1N1CCOC(CCl)C1. The largest absolute Gasteiger partial charge is 0.493 e. The Morgan fingerprint density at radius 1 is 1.69 bits per heavy atom. The molecule has 1 fully saturated rings. The van der Waals surface area contributed by atoms with Gasteiger partial charge in [0, 0.05) is 19.3 Å². The second-order valence-corrected chi connectivity index (χ2v) is 3.93. The lowest BCUT2D eigenvalue weighted by Crippen LogP contribution is -2.43. The maximum absolute atomic E-state index is 5.80. The second-order valence-electron chi connectivity index (χ2n) is 3.62. The minimum absolute atomic E-state index is 0.0714. The fourth-order valence-corrected chi connectivity index (χ4v) is 1.97. The van der Waals surface area contributed by atoms with Crippen molar-refractivity contribution in [3.05, 3.63) is 18.3 Å². The van der Waals surface area contributed by atoms with Gasteiger partial charge in [-0.1, -0.05) is 0 Å². The quantitative estimate of drug-likeness (QED) is 0.753. The highest BCUT2D eigenvalue weighted by atomic mass is 35.5. The molecule has 1 unspecified atom stereocenters. The second kappa shape index (κ2) is 5.37. The topological polar surface area (TPSA) is 34.6 Å². The molecule has 1 saturated heterocycles. The third kappa shape index (κ3) is 2.39. The fourth-order valence-electron chi connectivity index (χ4n) is 1.78. The molecular formula is C11H15ClN2O2. The van der Waals surface area contributed by atoms with Gasteiger partial charge in [0.15, 0.2) is 11.6 Å². The lowest BCUT2D eigenvalue weighted by atomic mass is 10.3. The molecule has 2 heterocycles. The van der Waals surface area contributed by atoms with E-state index in [0.717, 1.165) is 24.7 Å². The lowest BCUT2D eigenvalue weighted by molar-refractivity contribution is 0.0550. The van der Waals surface area contributed by atoms with Gasteiger partial charge in [-0.05, 0) is 12.1 Å². The Kier molecular flexibility index (Phi) is 3.85. The summed E-state index contributed by atoms with van der Waals surface area (Å²) in [6.07, 6.45) is 1.84. The average Bonchev–Trinajstić information content (AvgIpc) is 2.38. The summed E-state index contributed by atoms with van der Waals surface area (Å²) in [7, 11) is 1.65. The number of nitrogens with zero attached hydrogens (tertiary/aromatic N) is 2. The van der Waals surface area contributed by atoms with Crippen molar-refractivity contribution >= 4 is 17.4 Å². The van der Waals surface area contributed by atoms with Gasteiger partial charge in [0.05, 0.1) is 25.7 Å². The van der Waals surface area contributed by atoms with Gasteiger partial charge < -0.3 is 14.4 Å². The summed E-state index contributed by atoms with van der Waals surface area (Å²) in [5.41, 5.74) is 0. The van der Waals surface area contributed by atoms with E-state index in [4.69, 9.17) is 21.1 Å². The number of rotatable bonds is 3.